The number of hydrogen-bond donors (Lipinski definition) is 0. The predicted octanol–water partition coefficient (Wildman–Crippen LogP) is 5.45. The van der Waals surface area contributed by atoms with Crippen LogP contribution in [0.15, 0.2) is 48.6 Å². The standard InChI is InChI=1S/C16H26/c1-6-9-12-15(10-7-2)16(11-8-3)13-14(4)5/h8-10,12,16H,3-4,6-7,11,13H2,1-2,5H3. The van der Waals surface area contributed by atoms with Crippen LogP contribution in [0.5, 0.6) is 0 Å². The summed E-state index contributed by atoms with van der Waals surface area (Å²) in [6.07, 6.45) is 13.1. The van der Waals surface area contributed by atoms with Crippen LogP contribution in [0.4, 0.5) is 0 Å². The molecular weight excluding hydrogens is 192 g/mol. The topological polar surface area (TPSA) is 0 Å². The molecule has 0 rings (SSSR count). The Morgan fingerprint density at radius 3 is 2.38 bits per heavy atom. The van der Waals surface area contributed by atoms with Crippen molar-refractivity contribution in [3.05, 3.63) is 48.6 Å². The zero-order valence-electron chi connectivity index (χ0n) is 11.1. The molecule has 1 atom stereocenters. The number of hydrogen-bond acceptors (Lipinski definition) is 0. The maximum absolute atomic E-state index is 4.01. The number of rotatable bonds is 8. The summed E-state index contributed by atoms with van der Waals surface area (Å²) in [5.74, 6) is 0.553. The minimum atomic E-state index is 0.553. The van der Waals surface area contributed by atoms with Crippen LogP contribution < -0.4 is 0 Å². The monoisotopic (exact) mass is 218 g/mol. The average molecular weight is 218 g/mol. The Kier molecular flexibility index (Phi) is 8.61. The van der Waals surface area contributed by atoms with Crippen LogP contribution in [0.3, 0.4) is 0 Å². The fourth-order valence-corrected chi connectivity index (χ4v) is 1.82. The lowest BCUT2D eigenvalue weighted by atomic mass is 9.88. The quantitative estimate of drug-likeness (QED) is 0.375. The molecule has 0 heterocycles. The summed E-state index contributed by atoms with van der Waals surface area (Å²) in [4.78, 5) is 0. The van der Waals surface area contributed by atoms with Gasteiger partial charge in [0, 0.05) is 0 Å². The van der Waals surface area contributed by atoms with Gasteiger partial charge in [0.15, 0.2) is 0 Å². The summed E-state index contributed by atoms with van der Waals surface area (Å²) in [6, 6.07) is 0. The zero-order valence-corrected chi connectivity index (χ0v) is 11.1. The van der Waals surface area contributed by atoms with Gasteiger partial charge in [-0.3, -0.25) is 0 Å². The van der Waals surface area contributed by atoms with Crippen LogP contribution >= 0.6 is 0 Å². The zero-order chi connectivity index (χ0) is 12.4. The Labute approximate surface area is 101 Å². The molecule has 0 nitrogen and oxygen atoms in total. The summed E-state index contributed by atoms with van der Waals surface area (Å²) in [5.41, 5.74) is 2.69. The minimum Gasteiger partial charge on any atom is -0.103 e. The second kappa shape index (κ2) is 9.21. The molecule has 0 amide bonds. The third-order valence-electron chi connectivity index (χ3n) is 2.50. The van der Waals surface area contributed by atoms with E-state index >= 15 is 0 Å². The SMILES string of the molecule is C=CCC(CC(=C)C)C(C=CCC)=CCC. The Morgan fingerprint density at radius 1 is 1.25 bits per heavy atom. The van der Waals surface area contributed by atoms with Gasteiger partial charge in [0.1, 0.15) is 0 Å². The lowest BCUT2D eigenvalue weighted by Crippen LogP contribution is -2.02. The molecule has 0 saturated carbocycles. The van der Waals surface area contributed by atoms with Gasteiger partial charge in [0.05, 0.1) is 0 Å². The first-order chi connectivity index (χ1) is 7.65. The summed E-state index contributed by atoms with van der Waals surface area (Å²) >= 11 is 0. The van der Waals surface area contributed by atoms with Gasteiger partial charge < -0.3 is 0 Å². The van der Waals surface area contributed by atoms with E-state index in [1.54, 1.807) is 0 Å². The molecule has 0 heteroatoms. The van der Waals surface area contributed by atoms with Crippen LogP contribution in [-0.2, 0) is 0 Å². The fraction of sp³-hybridized carbons (Fsp3) is 0.500. The first-order valence-electron chi connectivity index (χ1n) is 6.27. The predicted molar refractivity (Wildman–Crippen MR) is 75.5 cm³/mol. The molecule has 90 valence electrons. The molecule has 1 unspecified atom stereocenters. The molecule has 0 aromatic heterocycles. The Hall–Kier alpha value is -1.04. The molecule has 0 radical (unpaired) electrons. The van der Waals surface area contributed by atoms with E-state index in [4.69, 9.17) is 0 Å². The van der Waals surface area contributed by atoms with Crippen LogP contribution in [-0.4, -0.2) is 0 Å². The highest BCUT2D eigenvalue weighted by Gasteiger charge is 2.10. The maximum Gasteiger partial charge on any atom is -0.00937 e. The van der Waals surface area contributed by atoms with Crippen molar-refractivity contribution < 1.29 is 0 Å². The van der Waals surface area contributed by atoms with Crippen molar-refractivity contribution in [1.82, 2.24) is 0 Å². The molecule has 16 heavy (non-hydrogen) atoms. The van der Waals surface area contributed by atoms with Crippen molar-refractivity contribution in [2.24, 2.45) is 5.92 Å². The van der Waals surface area contributed by atoms with Crippen LogP contribution in [0.2, 0.25) is 0 Å². The Morgan fingerprint density at radius 2 is 1.94 bits per heavy atom. The van der Waals surface area contributed by atoms with E-state index < -0.39 is 0 Å². The summed E-state index contributed by atoms with van der Waals surface area (Å²) in [7, 11) is 0. The van der Waals surface area contributed by atoms with Gasteiger partial charge in [0.25, 0.3) is 0 Å². The maximum atomic E-state index is 4.01. The van der Waals surface area contributed by atoms with Crippen molar-refractivity contribution in [2.45, 2.75) is 46.5 Å². The third kappa shape index (κ3) is 6.44. The largest absolute Gasteiger partial charge is 0.103 e. The van der Waals surface area contributed by atoms with Gasteiger partial charge in [-0.1, -0.05) is 43.7 Å². The van der Waals surface area contributed by atoms with Crippen LogP contribution in [0.25, 0.3) is 0 Å². The molecule has 0 aliphatic heterocycles. The van der Waals surface area contributed by atoms with Gasteiger partial charge in [-0.2, -0.15) is 0 Å². The number of allylic oxidation sites excluding steroid dienone is 6. The van der Waals surface area contributed by atoms with E-state index in [0.717, 1.165) is 25.7 Å². The molecule has 0 fully saturated rings. The highest BCUT2D eigenvalue weighted by atomic mass is 14.1. The van der Waals surface area contributed by atoms with Crippen molar-refractivity contribution >= 4 is 0 Å². The lowest BCUT2D eigenvalue weighted by molar-refractivity contribution is 0.627. The molecule has 0 aromatic rings. The van der Waals surface area contributed by atoms with Crippen molar-refractivity contribution in [3.8, 4) is 0 Å². The molecule has 0 spiro atoms. The second-order valence-electron chi connectivity index (χ2n) is 4.31. The normalized spacial score (nSPS) is 14.1. The van der Waals surface area contributed by atoms with E-state index in [2.05, 4.69) is 52.2 Å². The highest BCUT2D eigenvalue weighted by molar-refractivity contribution is 5.24. The molecular formula is C16H26. The van der Waals surface area contributed by atoms with Gasteiger partial charge in [-0.25, -0.2) is 0 Å². The minimum absolute atomic E-state index is 0.553. The average Bonchev–Trinajstić information content (AvgIpc) is 2.23. The van der Waals surface area contributed by atoms with Gasteiger partial charge in [0.2, 0.25) is 0 Å². The van der Waals surface area contributed by atoms with Gasteiger partial charge in [-0.05, 0) is 44.1 Å². The van der Waals surface area contributed by atoms with E-state index in [1.807, 2.05) is 6.08 Å². The van der Waals surface area contributed by atoms with Gasteiger partial charge in [-0.15, -0.1) is 13.2 Å². The van der Waals surface area contributed by atoms with Crippen molar-refractivity contribution in [3.63, 3.8) is 0 Å². The van der Waals surface area contributed by atoms with E-state index in [-0.39, 0.29) is 0 Å². The van der Waals surface area contributed by atoms with E-state index in [1.165, 1.54) is 11.1 Å². The Bertz CT molecular complexity index is 266. The molecule has 0 aliphatic rings. The molecule has 0 aliphatic carbocycles. The first-order valence-corrected chi connectivity index (χ1v) is 6.27. The lowest BCUT2D eigenvalue weighted by Gasteiger charge is -2.17. The summed E-state index contributed by atoms with van der Waals surface area (Å²) in [5, 5.41) is 0. The molecule has 0 saturated heterocycles. The molecule has 0 bridgehead atoms. The molecule has 0 N–H and O–H groups in total. The first kappa shape index (κ1) is 15.0. The highest BCUT2D eigenvalue weighted by Crippen LogP contribution is 2.25. The third-order valence-corrected chi connectivity index (χ3v) is 2.50. The van der Waals surface area contributed by atoms with Crippen LogP contribution in [0, 0.1) is 5.92 Å². The van der Waals surface area contributed by atoms with Crippen molar-refractivity contribution in [2.75, 3.05) is 0 Å². The van der Waals surface area contributed by atoms with E-state index in [0.29, 0.717) is 5.92 Å². The van der Waals surface area contributed by atoms with Gasteiger partial charge >= 0.3 is 0 Å². The summed E-state index contributed by atoms with van der Waals surface area (Å²) in [6.45, 7) is 14.3. The fourth-order valence-electron chi connectivity index (χ4n) is 1.82. The Balaban J connectivity index is 4.78. The molecule has 0 aromatic carbocycles. The summed E-state index contributed by atoms with van der Waals surface area (Å²) < 4.78 is 0. The smallest absolute Gasteiger partial charge is 0.00937 e. The van der Waals surface area contributed by atoms with E-state index in [9.17, 15) is 0 Å². The second-order valence-corrected chi connectivity index (χ2v) is 4.31. The van der Waals surface area contributed by atoms with Crippen molar-refractivity contribution in [1.29, 1.82) is 0 Å². The van der Waals surface area contributed by atoms with Crippen LogP contribution in [0.1, 0.15) is 46.5 Å².